The van der Waals surface area contributed by atoms with Gasteiger partial charge in [-0.25, -0.2) is 0 Å². The van der Waals surface area contributed by atoms with Gasteiger partial charge in [0.15, 0.2) is 0 Å². The van der Waals surface area contributed by atoms with Gasteiger partial charge in [0.2, 0.25) is 0 Å². The Hall–Kier alpha value is -0.590. The molecule has 1 unspecified atom stereocenters. The summed E-state index contributed by atoms with van der Waals surface area (Å²) in [5.74, 6) is 0.940. The van der Waals surface area contributed by atoms with Crippen LogP contribution in [0, 0.1) is 17.2 Å². The van der Waals surface area contributed by atoms with Gasteiger partial charge < -0.3 is 4.90 Å². The molecular weight excluding hydrogens is 234 g/mol. The van der Waals surface area contributed by atoms with Crippen molar-refractivity contribution in [2.45, 2.75) is 70.4 Å². The second kappa shape index (κ2) is 6.72. The SMILES string of the molecule is CCNC(C)(C#N)CCN1CCC[C@H]2CCCC[C@H]21. The summed E-state index contributed by atoms with van der Waals surface area (Å²) in [6.07, 6.45) is 9.39. The number of likely N-dealkylation sites (tertiary alicyclic amines) is 1. The summed E-state index contributed by atoms with van der Waals surface area (Å²) in [5, 5.41) is 12.7. The molecule has 0 amide bonds. The number of nitriles is 1. The van der Waals surface area contributed by atoms with Crippen LogP contribution < -0.4 is 5.32 Å². The number of nitrogens with one attached hydrogen (secondary N) is 1. The van der Waals surface area contributed by atoms with Gasteiger partial charge in [0, 0.05) is 12.6 Å². The quantitative estimate of drug-likeness (QED) is 0.829. The van der Waals surface area contributed by atoms with Crippen molar-refractivity contribution in [3.05, 3.63) is 0 Å². The smallest absolute Gasteiger partial charge is 0.105 e. The molecule has 2 aliphatic rings. The molecule has 0 spiro atoms. The first kappa shape index (κ1) is 14.8. The highest BCUT2D eigenvalue weighted by Crippen LogP contribution is 2.35. The summed E-state index contributed by atoms with van der Waals surface area (Å²) < 4.78 is 0. The van der Waals surface area contributed by atoms with Crippen molar-refractivity contribution in [1.82, 2.24) is 10.2 Å². The maximum Gasteiger partial charge on any atom is 0.105 e. The molecule has 108 valence electrons. The Balaban J connectivity index is 1.89. The lowest BCUT2D eigenvalue weighted by molar-refractivity contribution is 0.0559. The normalized spacial score (nSPS) is 31.2. The summed E-state index contributed by atoms with van der Waals surface area (Å²) in [5.41, 5.74) is -0.351. The lowest BCUT2D eigenvalue weighted by Crippen LogP contribution is -2.50. The predicted molar refractivity (Wildman–Crippen MR) is 78.9 cm³/mol. The minimum atomic E-state index is -0.351. The van der Waals surface area contributed by atoms with Crippen LogP contribution in [0.15, 0.2) is 0 Å². The third-order valence-electron chi connectivity index (χ3n) is 5.07. The van der Waals surface area contributed by atoms with Crippen molar-refractivity contribution in [3.63, 3.8) is 0 Å². The van der Waals surface area contributed by atoms with Crippen LogP contribution in [0.5, 0.6) is 0 Å². The molecule has 3 heteroatoms. The molecule has 0 radical (unpaired) electrons. The monoisotopic (exact) mass is 263 g/mol. The Morgan fingerprint density at radius 2 is 2.00 bits per heavy atom. The fraction of sp³-hybridized carbons (Fsp3) is 0.938. The zero-order chi connectivity index (χ0) is 13.7. The van der Waals surface area contributed by atoms with Crippen LogP contribution in [0.25, 0.3) is 0 Å². The number of hydrogen-bond acceptors (Lipinski definition) is 3. The van der Waals surface area contributed by atoms with Crippen molar-refractivity contribution in [3.8, 4) is 6.07 Å². The summed E-state index contributed by atoms with van der Waals surface area (Å²) in [4.78, 5) is 2.68. The molecule has 1 aliphatic carbocycles. The average molecular weight is 263 g/mol. The van der Waals surface area contributed by atoms with E-state index in [1.165, 1.54) is 45.1 Å². The third-order valence-corrected chi connectivity index (χ3v) is 5.07. The van der Waals surface area contributed by atoms with Crippen LogP contribution in [0.1, 0.15) is 58.8 Å². The molecule has 0 bridgehead atoms. The molecule has 2 rings (SSSR count). The Bertz CT molecular complexity index is 320. The number of hydrogen-bond donors (Lipinski definition) is 1. The van der Waals surface area contributed by atoms with Crippen LogP contribution >= 0.6 is 0 Å². The predicted octanol–water partition coefficient (Wildman–Crippen LogP) is 2.92. The Morgan fingerprint density at radius 1 is 1.26 bits per heavy atom. The van der Waals surface area contributed by atoms with E-state index < -0.39 is 0 Å². The highest BCUT2D eigenvalue weighted by molar-refractivity contribution is 5.04. The van der Waals surface area contributed by atoms with E-state index in [0.717, 1.165) is 31.5 Å². The molecule has 1 aliphatic heterocycles. The number of rotatable bonds is 5. The zero-order valence-electron chi connectivity index (χ0n) is 12.6. The minimum Gasteiger partial charge on any atom is -0.300 e. The Morgan fingerprint density at radius 3 is 2.74 bits per heavy atom. The molecule has 3 nitrogen and oxygen atoms in total. The molecule has 19 heavy (non-hydrogen) atoms. The largest absolute Gasteiger partial charge is 0.300 e. The van der Waals surface area contributed by atoms with Crippen LogP contribution in [0.2, 0.25) is 0 Å². The Labute approximate surface area is 118 Å². The molecule has 3 atom stereocenters. The van der Waals surface area contributed by atoms with Crippen LogP contribution in [0.3, 0.4) is 0 Å². The van der Waals surface area contributed by atoms with Gasteiger partial charge in [-0.1, -0.05) is 19.8 Å². The molecule has 1 N–H and O–H groups in total. The molecule has 0 aromatic carbocycles. The first-order valence-electron chi connectivity index (χ1n) is 8.09. The van der Waals surface area contributed by atoms with E-state index in [0.29, 0.717) is 0 Å². The lowest BCUT2D eigenvalue weighted by atomic mass is 9.78. The highest BCUT2D eigenvalue weighted by atomic mass is 15.2. The molecule has 1 heterocycles. The van der Waals surface area contributed by atoms with E-state index in [1.807, 2.05) is 6.92 Å². The summed E-state index contributed by atoms with van der Waals surface area (Å²) in [7, 11) is 0. The van der Waals surface area contributed by atoms with Gasteiger partial charge in [-0.15, -0.1) is 0 Å². The third kappa shape index (κ3) is 3.70. The van der Waals surface area contributed by atoms with E-state index in [9.17, 15) is 5.26 Å². The van der Waals surface area contributed by atoms with Crippen LogP contribution in [0.4, 0.5) is 0 Å². The zero-order valence-corrected chi connectivity index (χ0v) is 12.6. The molecule has 0 aromatic rings. The van der Waals surface area contributed by atoms with Gasteiger partial charge >= 0.3 is 0 Å². The standard InChI is InChI=1S/C16H29N3/c1-3-18-16(2,13-17)10-12-19-11-6-8-14-7-4-5-9-15(14)19/h14-15,18H,3-12H2,1-2H3/t14-,15-,16?/m1/s1. The number of piperidine rings is 1. The molecule has 1 saturated carbocycles. The van der Waals surface area contributed by atoms with Gasteiger partial charge in [-0.3, -0.25) is 5.32 Å². The number of nitrogens with zero attached hydrogens (tertiary/aromatic N) is 2. The van der Waals surface area contributed by atoms with Crippen molar-refractivity contribution in [2.75, 3.05) is 19.6 Å². The van der Waals surface area contributed by atoms with Gasteiger partial charge in [-0.2, -0.15) is 5.26 Å². The summed E-state index contributed by atoms with van der Waals surface area (Å²) in [6, 6.07) is 3.27. The second-order valence-corrected chi connectivity index (χ2v) is 6.51. The molecular formula is C16H29N3. The van der Waals surface area contributed by atoms with Crippen LogP contribution in [-0.4, -0.2) is 36.1 Å². The highest BCUT2D eigenvalue weighted by Gasteiger charge is 2.34. The van der Waals surface area contributed by atoms with Gasteiger partial charge in [0.1, 0.15) is 5.54 Å². The van der Waals surface area contributed by atoms with E-state index in [-0.39, 0.29) is 5.54 Å². The fourth-order valence-corrected chi connectivity index (χ4v) is 3.95. The van der Waals surface area contributed by atoms with Gasteiger partial charge in [0.25, 0.3) is 0 Å². The van der Waals surface area contributed by atoms with Gasteiger partial charge in [0.05, 0.1) is 6.07 Å². The van der Waals surface area contributed by atoms with Crippen LogP contribution in [-0.2, 0) is 0 Å². The van der Waals surface area contributed by atoms with E-state index in [2.05, 4.69) is 23.2 Å². The minimum absolute atomic E-state index is 0.351. The Kier molecular flexibility index (Phi) is 5.24. The average Bonchev–Trinajstić information content (AvgIpc) is 2.45. The first-order valence-corrected chi connectivity index (χ1v) is 8.09. The summed E-state index contributed by atoms with van der Waals surface area (Å²) >= 11 is 0. The second-order valence-electron chi connectivity index (χ2n) is 6.51. The fourth-order valence-electron chi connectivity index (χ4n) is 3.95. The first-order chi connectivity index (χ1) is 9.18. The lowest BCUT2D eigenvalue weighted by Gasteiger charge is -2.45. The van der Waals surface area contributed by atoms with Crippen molar-refractivity contribution < 1.29 is 0 Å². The molecule has 0 aromatic heterocycles. The number of fused-ring (bicyclic) bond motifs is 1. The summed E-state index contributed by atoms with van der Waals surface area (Å²) in [6.45, 7) is 7.32. The maximum absolute atomic E-state index is 9.35. The van der Waals surface area contributed by atoms with Crippen molar-refractivity contribution >= 4 is 0 Å². The topological polar surface area (TPSA) is 39.1 Å². The molecule has 2 fully saturated rings. The van der Waals surface area contributed by atoms with Crippen molar-refractivity contribution in [2.24, 2.45) is 5.92 Å². The van der Waals surface area contributed by atoms with Crippen molar-refractivity contribution in [1.29, 1.82) is 5.26 Å². The van der Waals surface area contributed by atoms with E-state index >= 15 is 0 Å². The molecule has 1 saturated heterocycles. The van der Waals surface area contributed by atoms with E-state index in [4.69, 9.17) is 0 Å². The van der Waals surface area contributed by atoms with E-state index in [1.54, 1.807) is 0 Å². The maximum atomic E-state index is 9.35. The van der Waals surface area contributed by atoms with Gasteiger partial charge in [-0.05, 0) is 58.0 Å².